The largest absolute Gasteiger partial charge is 0.330 e. The molecule has 4 N–H and O–H groups in total. The standard InChI is InChI=1S/C22H24BrClN4/c1-13-3-4-18-16(8-10-26)12-28(22(18)20(13)24)27-11-15(7-9-25)17-5-6-19(23)14(2)21(17)27/h3-6,11-12H,7-10,25-26H2,1-2H3. The first kappa shape index (κ1) is 19.5. The Balaban J connectivity index is 2.12. The van der Waals surface area contributed by atoms with Crippen molar-refractivity contribution < 1.29 is 0 Å². The number of rotatable bonds is 5. The van der Waals surface area contributed by atoms with Crippen LogP contribution in [0.2, 0.25) is 5.02 Å². The van der Waals surface area contributed by atoms with Crippen molar-refractivity contribution in [3.8, 4) is 0 Å². The van der Waals surface area contributed by atoms with E-state index in [-0.39, 0.29) is 0 Å². The van der Waals surface area contributed by atoms with Crippen LogP contribution in [0, 0.1) is 13.8 Å². The van der Waals surface area contributed by atoms with Gasteiger partial charge in [0.2, 0.25) is 0 Å². The SMILES string of the molecule is Cc1ccc2c(CCN)cn(-n3cc(CCN)c4ccc(Br)c(C)c43)c2c1Cl. The summed E-state index contributed by atoms with van der Waals surface area (Å²) in [6.07, 6.45) is 5.97. The molecule has 0 radical (unpaired) electrons. The van der Waals surface area contributed by atoms with E-state index in [1.807, 2.05) is 6.92 Å². The van der Waals surface area contributed by atoms with Crippen molar-refractivity contribution in [2.45, 2.75) is 26.7 Å². The van der Waals surface area contributed by atoms with Gasteiger partial charge < -0.3 is 11.5 Å². The summed E-state index contributed by atoms with van der Waals surface area (Å²) in [6.45, 7) is 5.38. The average molecular weight is 460 g/mol. The first-order valence-electron chi connectivity index (χ1n) is 9.46. The Kier molecular flexibility index (Phi) is 5.27. The van der Waals surface area contributed by atoms with Crippen LogP contribution in [0.1, 0.15) is 22.3 Å². The lowest BCUT2D eigenvalue weighted by Crippen LogP contribution is -2.08. The van der Waals surface area contributed by atoms with Gasteiger partial charge in [-0.05, 0) is 68.1 Å². The smallest absolute Gasteiger partial charge is 0.0894 e. The second-order valence-corrected chi connectivity index (χ2v) is 8.47. The molecule has 0 atom stereocenters. The number of halogens is 2. The van der Waals surface area contributed by atoms with Gasteiger partial charge in [0.15, 0.2) is 0 Å². The molecule has 4 nitrogen and oxygen atoms in total. The number of benzene rings is 2. The van der Waals surface area contributed by atoms with Crippen LogP contribution in [0.4, 0.5) is 0 Å². The Morgan fingerprint density at radius 2 is 1.39 bits per heavy atom. The van der Waals surface area contributed by atoms with Crippen molar-refractivity contribution >= 4 is 49.3 Å². The first-order valence-corrected chi connectivity index (χ1v) is 10.6. The van der Waals surface area contributed by atoms with Crippen LogP contribution in [0.5, 0.6) is 0 Å². The molecule has 0 bridgehead atoms. The number of aromatic nitrogens is 2. The van der Waals surface area contributed by atoms with Crippen molar-refractivity contribution in [1.29, 1.82) is 0 Å². The fraction of sp³-hybridized carbons (Fsp3) is 0.273. The van der Waals surface area contributed by atoms with Crippen molar-refractivity contribution in [3.63, 3.8) is 0 Å². The molecule has 0 amide bonds. The average Bonchev–Trinajstić information content (AvgIpc) is 3.21. The van der Waals surface area contributed by atoms with E-state index in [0.29, 0.717) is 13.1 Å². The molecule has 0 unspecified atom stereocenters. The third kappa shape index (κ3) is 2.98. The van der Waals surface area contributed by atoms with Gasteiger partial charge in [0, 0.05) is 27.6 Å². The van der Waals surface area contributed by atoms with Crippen molar-refractivity contribution in [3.05, 3.63) is 68.4 Å². The molecule has 2 aromatic carbocycles. The maximum absolute atomic E-state index is 6.79. The van der Waals surface area contributed by atoms with E-state index in [1.165, 1.54) is 22.1 Å². The second-order valence-electron chi connectivity index (χ2n) is 7.24. The third-order valence-electron chi connectivity index (χ3n) is 5.44. The molecule has 0 saturated carbocycles. The highest BCUT2D eigenvalue weighted by molar-refractivity contribution is 9.10. The fourth-order valence-electron chi connectivity index (χ4n) is 3.99. The lowest BCUT2D eigenvalue weighted by atomic mass is 10.1. The van der Waals surface area contributed by atoms with Crippen LogP contribution < -0.4 is 11.5 Å². The van der Waals surface area contributed by atoms with E-state index in [9.17, 15) is 0 Å². The van der Waals surface area contributed by atoms with Crippen LogP contribution >= 0.6 is 27.5 Å². The number of fused-ring (bicyclic) bond motifs is 2. The minimum absolute atomic E-state index is 0.597. The Labute approximate surface area is 178 Å². The van der Waals surface area contributed by atoms with E-state index in [2.05, 4.69) is 68.9 Å². The summed E-state index contributed by atoms with van der Waals surface area (Å²) < 4.78 is 5.45. The van der Waals surface area contributed by atoms with Crippen LogP contribution in [0.15, 0.2) is 41.1 Å². The minimum atomic E-state index is 0.597. The van der Waals surface area contributed by atoms with E-state index in [0.717, 1.165) is 44.3 Å². The van der Waals surface area contributed by atoms with Crippen LogP contribution in [0.25, 0.3) is 21.8 Å². The molecule has 0 aliphatic carbocycles. The Morgan fingerprint density at radius 3 is 2.00 bits per heavy atom. The summed E-state index contributed by atoms with van der Waals surface area (Å²) in [5.41, 5.74) is 18.6. The molecule has 146 valence electrons. The molecule has 0 aliphatic heterocycles. The summed E-state index contributed by atoms with van der Waals surface area (Å²) in [4.78, 5) is 0. The van der Waals surface area contributed by atoms with Gasteiger partial charge >= 0.3 is 0 Å². The summed E-state index contributed by atoms with van der Waals surface area (Å²) in [5.74, 6) is 0. The van der Waals surface area contributed by atoms with E-state index in [4.69, 9.17) is 23.1 Å². The Morgan fingerprint density at radius 1 is 0.857 bits per heavy atom. The predicted molar refractivity (Wildman–Crippen MR) is 122 cm³/mol. The molecule has 6 heteroatoms. The van der Waals surface area contributed by atoms with Crippen molar-refractivity contribution in [1.82, 2.24) is 9.35 Å². The summed E-state index contributed by atoms with van der Waals surface area (Å²) in [6, 6.07) is 8.48. The molecule has 2 aromatic heterocycles. The number of aryl methyl sites for hydroxylation is 2. The fourth-order valence-corrected chi connectivity index (χ4v) is 4.56. The molecular formula is C22H24BrClN4. The lowest BCUT2D eigenvalue weighted by Gasteiger charge is -2.13. The molecule has 4 aromatic rings. The zero-order valence-electron chi connectivity index (χ0n) is 16.1. The van der Waals surface area contributed by atoms with E-state index < -0.39 is 0 Å². The van der Waals surface area contributed by atoms with Gasteiger partial charge in [-0.3, -0.25) is 9.35 Å². The van der Waals surface area contributed by atoms with E-state index in [1.54, 1.807) is 0 Å². The van der Waals surface area contributed by atoms with Gasteiger partial charge in [0.1, 0.15) is 0 Å². The second kappa shape index (κ2) is 7.56. The molecule has 0 spiro atoms. The monoisotopic (exact) mass is 458 g/mol. The van der Waals surface area contributed by atoms with Gasteiger partial charge in [0.05, 0.1) is 16.1 Å². The molecule has 0 saturated heterocycles. The van der Waals surface area contributed by atoms with Gasteiger partial charge in [0.25, 0.3) is 0 Å². The Hall–Kier alpha value is -1.79. The van der Waals surface area contributed by atoms with Gasteiger partial charge in [-0.25, -0.2) is 0 Å². The van der Waals surface area contributed by atoms with Gasteiger partial charge in [-0.15, -0.1) is 0 Å². The normalized spacial score (nSPS) is 11.8. The number of hydrogen-bond donors (Lipinski definition) is 2. The third-order valence-corrected chi connectivity index (χ3v) is 6.78. The summed E-state index contributed by atoms with van der Waals surface area (Å²) in [5, 5.41) is 3.14. The molecule has 4 rings (SSSR count). The summed E-state index contributed by atoms with van der Waals surface area (Å²) in [7, 11) is 0. The van der Waals surface area contributed by atoms with Crippen LogP contribution in [0.3, 0.4) is 0 Å². The predicted octanol–water partition coefficient (Wildman–Crippen LogP) is 4.94. The summed E-state index contributed by atoms with van der Waals surface area (Å²) >= 11 is 10.5. The maximum atomic E-state index is 6.79. The zero-order valence-corrected chi connectivity index (χ0v) is 18.4. The number of nitrogens with zero attached hydrogens (tertiary/aromatic N) is 2. The van der Waals surface area contributed by atoms with E-state index >= 15 is 0 Å². The highest BCUT2D eigenvalue weighted by Gasteiger charge is 2.18. The Bertz CT molecular complexity index is 1090. The lowest BCUT2D eigenvalue weighted by molar-refractivity contribution is 0.708. The molecule has 2 heterocycles. The minimum Gasteiger partial charge on any atom is -0.330 e. The maximum Gasteiger partial charge on any atom is 0.0894 e. The quantitative estimate of drug-likeness (QED) is 0.444. The highest BCUT2D eigenvalue weighted by atomic mass is 79.9. The molecule has 28 heavy (non-hydrogen) atoms. The van der Waals surface area contributed by atoms with Crippen molar-refractivity contribution in [2.75, 3.05) is 13.1 Å². The van der Waals surface area contributed by atoms with Gasteiger partial charge in [-0.2, -0.15) is 0 Å². The number of nitrogens with two attached hydrogens (primary N) is 2. The van der Waals surface area contributed by atoms with Crippen LogP contribution in [-0.2, 0) is 12.8 Å². The number of hydrogen-bond acceptors (Lipinski definition) is 2. The van der Waals surface area contributed by atoms with Crippen molar-refractivity contribution in [2.24, 2.45) is 11.5 Å². The first-order chi connectivity index (χ1) is 13.5. The highest BCUT2D eigenvalue weighted by Crippen LogP contribution is 2.35. The molecule has 0 fully saturated rings. The van der Waals surface area contributed by atoms with Crippen LogP contribution in [-0.4, -0.2) is 22.4 Å². The molecular weight excluding hydrogens is 436 g/mol. The molecule has 0 aliphatic rings. The van der Waals surface area contributed by atoms with Gasteiger partial charge in [-0.1, -0.05) is 45.7 Å². The topological polar surface area (TPSA) is 61.9 Å². The zero-order chi connectivity index (χ0) is 20.0.